The zero-order valence-electron chi connectivity index (χ0n) is 49.2. The van der Waals surface area contributed by atoms with E-state index in [1.54, 1.807) is 0 Å². The Hall–Kier alpha value is -2.37. The van der Waals surface area contributed by atoms with Crippen LogP contribution in [0.3, 0.4) is 0 Å². The van der Waals surface area contributed by atoms with Crippen molar-refractivity contribution in [3.63, 3.8) is 0 Å². The van der Waals surface area contributed by atoms with Crippen molar-refractivity contribution in [2.24, 2.45) is 0 Å². The van der Waals surface area contributed by atoms with Crippen LogP contribution in [0.2, 0.25) is 0 Å². The molecule has 428 valence electrons. The van der Waals surface area contributed by atoms with Gasteiger partial charge in [-0.25, -0.2) is 0 Å². The number of allylic oxidation sites excluding steroid dienone is 6. The second kappa shape index (κ2) is 62.2. The largest absolute Gasteiger partial charge is 0.462 e. The lowest BCUT2D eigenvalue weighted by molar-refractivity contribution is -0.167. The molecule has 0 aromatic heterocycles. The summed E-state index contributed by atoms with van der Waals surface area (Å²) >= 11 is 0. The second-order valence-corrected chi connectivity index (χ2v) is 22.0. The van der Waals surface area contributed by atoms with Crippen molar-refractivity contribution in [2.45, 2.75) is 361 Å². The Morgan fingerprint density at radius 2 is 0.493 bits per heavy atom. The van der Waals surface area contributed by atoms with Gasteiger partial charge in [0.25, 0.3) is 0 Å². The molecule has 0 radical (unpaired) electrons. The Labute approximate surface area is 455 Å². The second-order valence-electron chi connectivity index (χ2n) is 22.0. The van der Waals surface area contributed by atoms with Gasteiger partial charge in [0.1, 0.15) is 13.2 Å². The van der Waals surface area contributed by atoms with Gasteiger partial charge in [-0.15, -0.1) is 0 Å². The van der Waals surface area contributed by atoms with E-state index in [0.717, 1.165) is 64.2 Å². The maximum atomic E-state index is 12.9. The molecular weight excluding hydrogens is 901 g/mol. The first-order valence-electron chi connectivity index (χ1n) is 32.5. The average molecular weight is 1030 g/mol. The highest BCUT2D eigenvalue weighted by molar-refractivity contribution is 5.71. The van der Waals surface area contributed by atoms with E-state index in [2.05, 4.69) is 57.2 Å². The number of esters is 3. The molecule has 0 N–H and O–H groups in total. The molecule has 0 saturated heterocycles. The molecule has 0 aliphatic heterocycles. The van der Waals surface area contributed by atoms with Gasteiger partial charge in [-0.1, -0.05) is 295 Å². The van der Waals surface area contributed by atoms with Gasteiger partial charge in [0.2, 0.25) is 0 Å². The number of carbonyl (C=O) groups is 3. The summed E-state index contributed by atoms with van der Waals surface area (Å²) in [5.74, 6) is -0.854. The standard InChI is InChI=1S/C67H124O6/c1-4-7-10-13-16-19-22-25-28-31-33-36-39-42-45-48-51-54-57-60-66(69)72-63-64(62-71-65(68)59-56-53-50-47-44-41-38-35-30-27-24-21-18-15-12-9-6-3)73-67(70)61-58-55-52-49-46-43-40-37-34-32-29-26-23-20-17-14-11-8-5-2/h16,19,25,27-28,30,64H,4-15,17-18,20-24,26,29,31-63H2,1-3H3/b19-16+,28-25+,30-27+/t64-/m1/s1. The summed E-state index contributed by atoms with van der Waals surface area (Å²) in [5.41, 5.74) is 0. The monoisotopic (exact) mass is 1020 g/mol. The van der Waals surface area contributed by atoms with Crippen LogP contribution >= 0.6 is 0 Å². The topological polar surface area (TPSA) is 78.9 Å². The molecule has 0 saturated carbocycles. The quantitative estimate of drug-likeness (QED) is 0.0261. The van der Waals surface area contributed by atoms with Crippen LogP contribution in [0.5, 0.6) is 0 Å². The van der Waals surface area contributed by atoms with E-state index in [-0.39, 0.29) is 31.1 Å². The van der Waals surface area contributed by atoms with E-state index in [0.29, 0.717) is 19.3 Å². The fourth-order valence-corrected chi connectivity index (χ4v) is 9.71. The minimum Gasteiger partial charge on any atom is -0.462 e. The van der Waals surface area contributed by atoms with Crippen LogP contribution in [0.15, 0.2) is 36.5 Å². The summed E-state index contributed by atoms with van der Waals surface area (Å²) in [6.45, 7) is 6.67. The summed E-state index contributed by atoms with van der Waals surface area (Å²) in [7, 11) is 0. The Morgan fingerprint density at radius 3 is 0.795 bits per heavy atom. The third kappa shape index (κ3) is 60.4. The van der Waals surface area contributed by atoms with Gasteiger partial charge in [-0.05, 0) is 77.0 Å². The Bertz CT molecular complexity index is 1220. The third-order valence-electron chi connectivity index (χ3n) is 14.6. The normalized spacial score (nSPS) is 12.2. The number of carbonyl (C=O) groups excluding carboxylic acids is 3. The molecule has 0 unspecified atom stereocenters. The van der Waals surface area contributed by atoms with E-state index in [9.17, 15) is 14.4 Å². The van der Waals surface area contributed by atoms with Gasteiger partial charge >= 0.3 is 17.9 Å². The van der Waals surface area contributed by atoms with Gasteiger partial charge in [0, 0.05) is 19.3 Å². The maximum absolute atomic E-state index is 12.9. The maximum Gasteiger partial charge on any atom is 0.306 e. The Kier molecular flexibility index (Phi) is 60.2. The fourth-order valence-electron chi connectivity index (χ4n) is 9.71. The Balaban J connectivity index is 4.34. The van der Waals surface area contributed by atoms with E-state index in [1.807, 2.05) is 0 Å². The van der Waals surface area contributed by atoms with Crippen LogP contribution in [-0.2, 0) is 28.6 Å². The molecule has 0 aliphatic carbocycles. The van der Waals surface area contributed by atoms with Crippen molar-refractivity contribution in [3.05, 3.63) is 36.5 Å². The molecule has 6 heteroatoms. The molecular formula is C67H124O6. The first kappa shape index (κ1) is 70.6. The van der Waals surface area contributed by atoms with Gasteiger partial charge < -0.3 is 14.2 Å². The molecule has 0 aromatic carbocycles. The van der Waals surface area contributed by atoms with Crippen LogP contribution < -0.4 is 0 Å². The van der Waals surface area contributed by atoms with Gasteiger partial charge in [0.15, 0.2) is 6.10 Å². The first-order valence-corrected chi connectivity index (χ1v) is 32.5. The van der Waals surface area contributed by atoms with E-state index >= 15 is 0 Å². The number of hydrogen-bond donors (Lipinski definition) is 0. The van der Waals surface area contributed by atoms with Crippen molar-refractivity contribution >= 4 is 17.9 Å². The zero-order valence-corrected chi connectivity index (χ0v) is 49.2. The lowest BCUT2D eigenvalue weighted by Crippen LogP contribution is -2.30. The molecule has 0 aliphatic rings. The van der Waals surface area contributed by atoms with Crippen LogP contribution in [0.4, 0.5) is 0 Å². The first-order chi connectivity index (χ1) is 36.0. The SMILES string of the molecule is CCCCC/C=C/C/C=C/CCCCCCCCCCCC(=O)OC[C@@H](COC(=O)CCCCCCCCC/C=C/CCCCCCCC)OC(=O)CCCCCCCCCCCCCCCCCCCCC. The number of ether oxygens (including phenoxy) is 3. The molecule has 0 heterocycles. The third-order valence-corrected chi connectivity index (χ3v) is 14.6. The minimum absolute atomic E-state index is 0.0714. The van der Waals surface area contributed by atoms with Gasteiger partial charge in [0.05, 0.1) is 0 Å². The van der Waals surface area contributed by atoms with E-state index in [1.165, 1.54) is 250 Å². The van der Waals surface area contributed by atoms with Crippen molar-refractivity contribution in [1.82, 2.24) is 0 Å². The van der Waals surface area contributed by atoms with Crippen LogP contribution in [-0.4, -0.2) is 37.2 Å². The van der Waals surface area contributed by atoms with Crippen molar-refractivity contribution < 1.29 is 28.6 Å². The van der Waals surface area contributed by atoms with E-state index in [4.69, 9.17) is 14.2 Å². The number of rotatable bonds is 60. The van der Waals surface area contributed by atoms with E-state index < -0.39 is 6.10 Å². The molecule has 0 bridgehead atoms. The minimum atomic E-state index is -0.774. The Morgan fingerprint density at radius 1 is 0.274 bits per heavy atom. The average Bonchev–Trinajstić information content (AvgIpc) is 3.39. The van der Waals surface area contributed by atoms with Crippen LogP contribution in [0.1, 0.15) is 355 Å². The lowest BCUT2D eigenvalue weighted by Gasteiger charge is -2.18. The predicted octanol–water partition coefficient (Wildman–Crippen LogP) is 22.0. The van der Waals surface area contributed by atoms with Crippen LogP contribution in [0, 0.1) is 0 Å². The van der Waals surface area contributed by atoms with Crippen molar-refractivity contribution in [3.8, 4) is 0 Å². The lowest BCUT2D eigenvalue weighted by atomic mass is 10.0. The summed E-state index contributed by atoms with van der Waals surface area (Å²) in [5, 5.41) is 0. The summed E-state index contributed by atoms with van der Waals surface area (Å²) < 4.78 is 17.0. The van der Waals surface area contributed by atoms with Crippen molar-refractivity contribution in [2.75, 3.05) is 13.2 Å². The summed E-state index contributed by atoms with van der Waals surface area (Å²) in [4.78, 5) is 38.3. The zero-order chi connectivity index (χ0) is 52.9. The highest BCUT2D eigenvalue weighted by Gasteiger charge is 2.19. The van der Waals surface area contributed by atoms with Crippen molar-refractivity contribution in [1.29, 1.82) is 0 Å². The van der Waals surface area contributed by atoms with Gasteiger partial charge in [-0.3, -0.25) is 14.4 Å². The molecule has 0 spiro atoms. The highest BCUT2D eigenvalue weighted by Crippen LogP contribution is 2.17. The molecule has 0 aromatic rings. The molecule has 6 nitrogen and oxygen atoms in total. The molecule has 0 rings (SSSR count). The summed E-state index contributed by atoms with van der Waals surface area (Å²) in [6, 6.07) is 0. The molecule has 1 atom stereocenters. The van der Waals surface area contributed by atoms with Gasteiger partial charge in [-0.2, -0.15) is 0 Å². The van der Waals surface area contributed by atoms with Crippen LogP contribution in [0.25, 0.3) is 0 Å². The highest BCUT2D eigenvalue weighted by atomic mass is 16.6. The number of unbranched alkanes of at least 4 members (excludes halogenated alkanes) is 43. The predicted molar refractivity (Wildman–Crippen MR) is 316 cm³/mol. The molecule has 73 heavy (non-hydrogen) atoms. The summed E-state index contributed by atoms with van der Waals surface area (Å²) in [6.07, 6.45) is 75.7. The molecule has 0 fully saturated rings. The smallest absolute Gasteiger partial charge is 0.306 e. The fraction of sp³-hybridized carbons (Fsp3) is 0.866. The molecule has 0 amide bonds. The number of hydrogen-bond acceptors (Lipinski definition) is 6.